The molecule has 5 heteroatoms. The van der Waals surface area contributed by atoms with Crippen molar-refractivity contribution in [3.63, 3.8) is 0 Å². The first-order valence-electron chi connectivity index (χ1n) is 8.19. The highest BCUT2D eigenvalue weighted by Crippen LogP contribution is 2.00. The summed E-state index contributed by atoms with van der Waals surface area (Å²) < 4.78 is 0. The van der Waals surface area contributed by atoms with Crippen LogP contribution in [0.1, 0.15) is 34.1 Å². The van der Waals surface area contributed by atoms with Crippen LogP contribution in [0.15, 0.2) is 4.99 Å². The summed E-state index contributed by atoms with van der Waals surface area (Å²) in [4.78, 5) is 9.70. The first-order chi connectivity index (χ1) is 9.69. The molecule has 0 aromatic heterocycles. The lowest BCUT2D eigenvalue weighted by molar-refractivity contribution is 0.140. The van der Waals surface area contributed by atoms with Gasteiger partial charge in [0.1, 0.15) is 0 Å². The maximum Gasteiger partial charge on any atom is 0.191 e. The van der Waals surface area contributed by atoms with E-state index >= 15 is 0 Å². The molecule has 1 fully saturated rings. The van der Waals surface area contributed by atoms with E-state index in [1.165, 1.54) is 32.7 Å². The number of nitrogens with zero attached hydrogens (tertiary/aromatic N) is 3. The van der Waals surface area contributed by atoms with Gasteiger partial charge in [-0.3, -0.25) is 9.89 Å². The highest BCUT2D eigenvalue weighted by Gasteiger charge is 2.14. The second-order valence-electron chi connectivity index (χ2n) is 5.49. The third kappa shape index (κ3) is 6.57. The molecular formula is C15H33N5. The lowest BCUT2D eigenvalue weighted by Crippen LogP contribution is -2.47. The van der Waals surface area contributed by atoms with Crippen molar-refractivity contribution in [1.82, 2.24) is 20.4 Å². The Morgan fingerprint density at radius 3 is 2.30 bits per heavy atom. The summed E-state index contributed by atoms with van der Waals surface area (Å²) in [6.07, 6.45) is 1.11. The molecule has 0 amide bonds. The zero-order chi connectivity index (χ0) is 14.8. The highest BCUT2D eigenvalue weighted by molar-refractivity contribution is 5.80. The molecule has 20 heavy (non-hydrogen) atoms. The topological polar surface area (TPSA) is 42.9 Å². The number of hydrogen-bond donors (Lipinski definition) is 2. The van der Waals surface area contributed by atoms with Crippen LogP contribution in [0.2, 0.25) is 0 Å². The van der Waals surface area contributed by atoms with Gasteiger partial charge < -0.3 is 15.5 Å². The third-order valence-corrected chi connectivity index (χ3v) is 3.94. The highest BCUT2D eigenvalue weighted by atomic mass is 15.3. The molecule has 2 N–H and O–H groups in total. The summed E-state index contributed by atoms with van der Waals surface area (Å²) in [6.45, 7) is 17.5. The monoisotopic (exact) mass is 283 g/mol. The van der Waals surface area contributed by atoms with Crippen molar-refractivity contribution in [2.24, 2.45) is 4.99 Å². The molecule has 118 valence electrons. The molecule has 1 aliphatic rings. The predicted octanol–water partition coefficient (Wildman–Crippen LogP) is 0.978. The fourth-order valence-electron chi connectivity index (χ4n) is 2.29. The Morgan fingerprint density at radius 2 is 1.75 bits per heavy atom. The van der Waals surface area contributed by atoms with Crippen molar-refractivity contribution in [2.75, 3.05) is 52.4 Å². The van der Waals surface area contributed by atoms with E-state index in [2.05, 4.69) is 53.1 Å². The number of guanidine groups is 1. The van der Waals surface area contributed by atoms with E-state index in [0.29, 0.717) is 6.04 Å². The molecule has 0 aliphatic carbocycles. The van der Waals surface area contributed by atoms with Gasteiger partial charge >= 0.3 is 0 Å². The van der Waals surface area contributed by atoms with E-state index < -0.39 is 0 Å². The van der Waals surface area contributed by atoms with Gasteiger partial charge in [-0.2, -0.15) is 0 Å². The second kappa shape index (κ2) is 10.00. The molecule has 0 bridgehead atoms. The van der Waals surface area contributed by atoms with Crippen molar-refractivity contribution < 1.29 is 0 Å². The summed E-state index contributed by atoms with van der Waals surface area (Å²) in [5, 5.41) is 6.75. The molecule has 1 saturated heterocycles. The minimum atomic E-state index is 0.473. The van der Waals surface area contributed by atoms with Crippen LogP contribution < -0.4 is 10.6 Å². The maximum absolute atomic E-state index is 4.67. The van der Waals surface area contributed by atoms with E-state index in [9.17, 15) is 0 Å². The maximum atomic E-state index is 4.67. The summed E-state index contributed by atoms with van der Waals surface area (Å²) in [7, 11) is 0. The molecule has 0 radical (unpaired) electrons. The zero-order valence-electron chi connectivity index (χ0n) is 13.8. The molecule has 0 spiro atoms. The molecule has 0 saturated carbocycles. The molecule has 5 nitrogen and oxygen atoms in total. The van der Waals surface area contributed by atoms with Gasteiger partial charge in [0.2, 0.25) is 0 Å². The Morgan fingerprint density at radius 1 is 1.10 bits per heavy atom. The van der Waals surface area contributed by atoms with Gasteiger partial charge in [0, 0.05) is 45.3 Å². The van der Waals surface area contributed by atoms with Crippen molar-refractivity contribution in [3.05, 3.63) is 0 Å². The van der Waals surface area contributed by atoms with Crippen LogP contribution in [0.3, 0.4) is 0 Å². The fraction of sp³-hybridized carbons (Fsp3) is 0.933. The van der Waals surface area contributed by atoms with Crippen LogP contribution in [0.25, 0.3) is 0 Å². The third-order valence-electron chi connectivity index (χ3n) is 3.94. The standard InChI is InChI=1S/C15H33N5/c1-5-14(4)18-15(16-6-2)17-8-9-20-12-10-19(7-3)11-13-20/h14H,5-13H2,1-4H3,(H2,16,17,18). The first-order valence-corrected chi connectivity index (χ1v) is 8.19. The number of rotatable bonds is 7. The molecule has 1 unspecified atom stereocenters. The van der Waals surface area contributed by atoms with Crippen molar-refractivity contribution in [3.8, 4) is 0 Å². The SMILES string of the molecule is CCNC(=NCCN1CCN(CC)CC1)NC(C)CC. The Hall–Kier alpha value is -0.810. The predicted molar refractivity (Wildman–Crippen MR) is 87.4 cm³/mol. The van der Waals surface area contributed by atoms with Crippen LogP contribution in [0.4, 0.5) is 0 Å². The summed E-state index contributed by atoms with van der Waals surface area (Å²) in [6, 6.07) is 0.473. The van der Waals surface area contributed by atoms with Crippen molar-refractivity contribution >= 4 is 5.96 Å². The van der Waals surface area contributed by atoms with Gasteiger partial charge in [-0.05, 0) is 26.8 Å². The van der Waals surface area contributed by atoms with Crippen LogP contribution in [0.5, 0.6) is 0 Å². The van der Waals surface area contributed by atoms with E-state index in [0.717, 1.165) is 32.0 Å². The van der Waals surface area contributed by atoms with Gasteiger partial charge in [0.25, 0.3) is 0 Å². The van der Waals surface area contributed by atoms with Crippen LogP contribution >= 0.6 is 0 Å². The van der Waals surface area contributed by atoms with Crippen molar-refractivity contribution in [2.45, 2.75) is 40.2 Å². The minimum absolute atomic E-state index is 0.473. The number of nitrogens with one attached hydrogen (secondary N) is 2. The number of piperazine rings is 1. The first kappa shape index (κ1) is 17.2. The van der Waals surface area contributed by atoms with E-state index in [1.807, 2.05) is 0 Å². The average molecular weight is 283 g/mol. The van der Waals surface area contributed by atoms with E-state index in [1.54, 1.807) is 0 Å². The van der Waals surface area contributed by atoms with Crippen LogP contribution in [-0.2, 0) is 0 Å². The van der Waals surface area contributed by atoms with E-state index in [-0.39, 0.29) is 0 Å². The quantitative estimate of drug-likeness (QED) is 0.540. The number of aliphatic imine (C=N–C) groups is 1. The number of likely N-dealkylation sites (N-methyl/N-ethyl adjacent to an activating group) is 1. The smallest absolute Gasteiger partial charge is 0.191 e. The minimum Gasteiger partial charge on any atom is -0.357 e. The summed E-state index contributed by atoms with van der Waals surface area (Å²) in [5.41, 5.74) is 0. The Kier molecular flexibility index (Phi) is 8.62. The summed E-state index contributed by atoms with van der Waals surface area (Å²) in [5.74, 6) is 0.953. The zero-order valence-corrected chi connectivity index (χ0v) is 13.8. The van der Waals surface area contributed by atoms with Crippen molar-refractivity contribution in [1.29, 1.82) is 0 Å². The van der Waals surface area contributed by atoms with Crippen LogP contribution in [0, 0.1) is 0 Å². The second-order valence-corrected chi connectivity index (χ2v) is 5.49. The molecule has 0 aromatic carbocycles. The molecule has 1 heterocycles. The van der Waals surface area contributed by atoms with Gasteiger partial charge in [-0.1, -0.05) is 13.8 Å². The molecule has 1 aliphatic heterocycles. The Balaban J connectivity index is 2.29. The lowest BCUT2D eigenvalue weighted by atomic mass is 10.3. The van der Waals surface area contributed by atoms with Crippen LogP contribution in [-0.4, -0.2) is 74.2 Å². The molecular weight excluding hydrogens is 250 g/mol. The lowest BCUT2D eigenvalue weighted by Gasteiger charge is -2.33. The largest absolute Gasteiger partial charge is 0.357 e. The van der Waals surface area contributed by atoms with Gasteiger partial charge in [0.05, 0.1) is 6.54 Å². The Labute approximate surface area is 124 Å². The summed E-state index contributed by atoms with van der Waals surface area (Å²) >= 11 is 0. The molecule has 1 atom stereocenters. The average Bonchev–Trinajstić information content (AvgIpc) is 2.48. The van der Waals surface area contributed by atoms with Gasteiger partial charge in [-0.15, -0.1) is 0 Å². The molecule has 0 aromatic rings. The van der Waals surface area contributed by atoms with E-state index in [4.69, 9.17) is 0 Å². The molecule has 1 rings (SSSR count). The number of hydrogen-bond acceptors (Lipinski definition) is 3. The van der Waals surface area contributed by atoms with Gasteiger partial charge in [-0.25, -0.2) is 0 Å². The fourth-order valence-corrected chi connectivity index (χ4v) is 2.29. The Bertz CT molecular complexity index is 271. The van der Waals surface area contributed by atoms with Gasteiger partial charge in [0.15, 0.2) is 5.96 Å². The normalized spacial score (nSPS) is 19.9.